The average Bonchev–Trinajstić information content (AvgIpc) is 3.16. The Labute approximate surface area is 149 Å². The zero-order valence-electron chi connectivity index (χ0n) is 15.0. The zero-order chi connectivity index (χ0) is 17.5. The quantitative estimate of drug-likeness (QED) is 0.737. The van der Waals surface area contributed by atoms with Crippen LogP contribution in [0.25, 0.3) is 0 Å². The van der Waals surface area contributed by atoms with Crippen LogP contribution >= 0.6 is 0 Å². The normalized spacial score (nSPS) is 17.0. The maximum absolute atomic E-state index is 5.84. The van der Waals surface area contributed by atoms with E-state index in [1.807, 2.05) is 24.4 Å². The van der Waals surface area contributed by atoms with Crippen LogP contribution in [0, 0.1) is 0 Å². The lowest BCUT2D eigenvalue weighted by atomic mass is 10.1. The summed E-state index contributed by atoms with van der Waals surface area (Å²) in [5, 5.41) is 0. The second kappa shape index (κ2) is 8.83. The van der Waals surface area contributed by atoms with Crippen molar-refractivity contribution >= 4 is 0 Å². The highest BCUT2D eigenvalue weighted by molar-refractivity contribution is 5.40. The first-order chi connectivity index (χ1) is 12.3. The second-order valence-corrected chi connectivity index (χ2v) is 6.34. The Morgan fingerprint density at radius 2 is 2.12 bits per heavy atom. The van der Waals surface area contributed by atoms with Gasteiger partial charge in [0.2, 0.25) is 0 Å². The monoisotopic (exact) mass is 342 g/mol. The minimum atomic E-state index is 0.306. The molecule has 134 valence electrons. The number of hydrogen-bond donors (Lipinski definition) is 0. The Morgan fingerprint density at radius 3 is 2.80 bits per heavy atom. The SMILES string of the molecule is COc1ccc(CN(Cc2cccnc2)C[C@H]2CCCO2)c(OC)c1. The van der Waals surface area contributed by atoms with Crippen molar-refractivity contribution in [1.29, 1.82) is 0 Å². The van der Waals surface area contributed by atoms with E-state index in [1.54, 1.807) is 20.4 Å². The molecule has 0 N–H and O–H groups in total. The van der Waals surface area contributed by atoms with Gasteiger partial charge in [-0.25, -0.2) is 0 Å². The predicted octanol–water partition coefficient (Wildman–Crippen LogP) is 3.28. The van der Waals surface area contributed by atoms with E-state index in [-0.39, 0.29) is 0 Å². The van der Waals surface area contributed by atoms with Crippen molar-refractivity contribution in [1.82, 2.24) is 9.88 Å². The number of rotatable bonds is 8. The van der Waals surface area contributed by atoms with Crippen molar-refractivity contribution in [2.24, 2.45) is 0 Å². The number of methoxy groups -OCH3 is 2. The molecule has 2 heterocycles. The zero-order valence-corrected chi connectivity index (χ0v) is 15.0. The molecule has 5 nitrogen and oxygen atoms in total. The molecule has 1 aliphatic heterocycles. The van der Waals surface area contributed by atoms with Crippen LogP contribution in [-0.2, 0) is 17.8 Å². The van der Waals surface area contributed by atoms with Crippen LogP contribution in [0.2, 0.25) is 0 Å². The number of pyridine rings is 1. The van der Waals surface area contributed by atoms with Crippen LogP contribution in [0.4, 0.5) is 0 Å². The first kappa shape index (κ1) is 17.7. The van der Waals surface area contributed by atoms with E-state index in [1.165, 1.54) is 5.56 Å². The number of benzene rings is 1. The molecule has 0 radical (unpaired) electrons. The van der Waals surface area contributed by atoms with Gasteiger partial charge in [0.15, 0.2) is 0 Å². The number of ether oxygens (including phenoxy) is 3. The van der Waals surface area contributed by atoms with Crippen LogP contribution in [0.5, 0.6) is 11.5 Å². The molecule has 1 fully saturated rings. The van der Waals surface area contributed by atoms with E-state index in [0.29, 0.717) is 6.10 Å². The van der Waals surface area contributed by atoms with Gasteiger partial charge in [-0.1, -0.05) is 12.1 Å². The van der Waals surface area contributed by atoms with Crippen molar-refractivity contribution in [3.8, 4) is 11.5 Å². The highest BCUT2D eigenvalue weighted by Crippen LogP contribution is 2.27. The lowest BCUT2D eigenvalue weighted by Crippen LogP contribution is -2.31. The van der Waals surface area contributed by atoms with Gasteiger partial charge in [-0.3, -0.25) is 9.88 Å². The summed E-state index contributed by atoms with van der Waals surface area (Å²) in [6.45, 7) is 3.41. The smallest absolute Gasteiger partial charge is 0.127 e. The first-order valence-corrected chi connectivity index (χ1v) is 8.72. The predicted molar refractivity (Wildman–Crippen MR) is 96.9 cm³/mol. The molecule has 1 saturated heterocycles. The molecule has 0 spiro atoms. The van der Waals surface area contributed by atoms with Gasteiger partial charge in [0.1, 0.15) is 11.5 Å². The first-order valence-electron chi connectivity index (χ1n) is 8.72. The minimum Gasteiger partial charge on any atom is -0.497 e. The van der Waals surface area contributed by atoms with Crippen molar-refractivity contribution in [3.05, 3.63) is 53.9 Å². The summed E-state index contributed by atoms with van der Waals surface area (Å²) in [7, 11) is 3.37. The van der Waals surface area contributed by atoms with E-state index in [4.69, 9.17) is 14.2 Å². The van der Waals surface area contributed by atoms with Crippen LogP contribution in [0.3, 0.4) is 0 Å². The maximum Gasteiger partial charge on any atom is 0.127 e. The third-order valence-corrected chi connectivity index (χ3v) is 4.50. The number of nitrogens with zero attached hydrogens (tertiary/aromatic N) is 2. The van der Waals surface area contributed by atoms with E-state index < -0.39 is 0 Å². The van der Waals surface area contributed by atoms with Crippen molar-refractivity contribution in [2.75, 3.05) is 27.4 Å². The van der Waals surface area contributed by atoms with Crippen LogP contribution in [-0.4, -0.2) is 43.4 Å². The molecule has 0 saturated carbocycles. The molecule has 1 aliphatic rings. The Balaban J connectivity index is 1.76. The topological polar surface area (TPSA) is 43.8 Å². The van der Waals surface area contributed by atoms with E-state index >= 15 is 0 Å². The minimum absolute atomic E-state index is 0.306. The fourth-order valence-electron chi connectivity index (χ4n) is 3.23. The summed E-state index contributed by atoms with van der Waals surface area (Å²) in [5.74, 6) is 1.65. The summed E-state index contributed by atoms with van der Waals surface area (Å²) in [6.07, 6.45) is 6.32. The fourth-order valence-corrected chi connectivity index (χ4v) is 3.23. The van der Waals surface area contributed by atoms with Gasteiger partial charge in [-0.05, 0) is 30.5 Å². The lowest BCUT2D eigenvalue weighted by molar-refractivity contribution is 0.0676. The molecule has 0 bridgehead atoms. The number of hydrogen-bond acceptors (Lipinski definition) is 5. The van der Waals surface area contributed by atoms with Crippen LogP contribution in [0.15, 0.2) is 42.7 Å². The Morgan fingerprint density at radius 1 is 1.20 bits per heavy atom. The molecule has 25 heavy (non-hydrogen) atoms. The van der Waals surface area contributed by atoms with E-state index in [0.717, 1.165) is 56.1 Å². The van der Waals surface area contributed by atoms with Gasteiger partial charge in [0.05, 0.1) is 20.3 Å². The van der Waals surface area contributed by atoms with Crippen LogP contribution in [0.1, 0.15) is 24.0 Å². The molecule has 1 aromatic carbocycles. The molecule has 1 aromatic heterocycles. The van der Waals surface area contributed by atoms with Gasteiger partial charge < -0.3 is 14.2 Å². The highest BCUT2D eigenvalue weighted by atomic mass is 16.5. The summed E-state index contributed by atoms with van der Waals surface area (Å²) in [5.41, 5.74) is 2.35. The summed E-state index contributed by atoms with van der Waals surface area (Å²) in [4.78, 5) is 6.63. The van der Waals surface area contributed by atoms with Crippen molar-refractivity contribution < 1.29 is 14.2 Å². The van der Waals surface area contributed by atoms with Crippen LogP contribution < -0.4 is 9.47 Å². The summed E-state index contributed by atoms with van der Waals surface area (Å²) >= 11 is 0. The third kappa shape index (κ3) is 4.94. The molecule has 2 aromatic rings. The molecule has 0 aliphatic carbocycles. The Kier molecular flexibility index (Phi) is 6.25. The second-order valence-electron chi connectivity index (χ2n) is 6.34. The van der Waals surface area contributed by atoms with Gasteiger partial charge in [-0.15, -0.1) is 0 Å². The highest BCUT2D eigenvalue weighted by Gasteiger charge is 2.20. The fraction of sp³-hybridized carbons (Fsp3) is 0.450. The van der Waals surface area contributed by atoms with E-state index in [2.05, 4.69) is 22.0 Å². The van der Waals surface area contributed by atoms with Crippen molar-refractivity contribution in [2.45, 2.75) is 32.0 Å². The molecular formula is C20H26N2O3. The average molecular weight is 342 g/mol. The molecule has 1 atom stereocenters. The van der Waals surface area contributed by atoms with Gasteiger partial charge in [0, 0.05) is 50.3 Å². The lowest BCUT2D eigenvalue weighted by Gasteiger charge is -2.26. The van der Waals surface area contributed by atoms with Crippen molar-refractivity contribution in [3.63, 3.8) is 0 Å². The standard InChI is InChI=1S/C20H26N2O3/c1-23-18-8-7-17(20(11-18)24-2)14-22(15-19-6-4-10-25-19)13-16-5-3-9-21-12-16/h3,5,7-9,11-12,19H,4,6,10,13-15H2,1-2H3/t19-/m1/s1. The molecular weight excluding hydrogens is 316 g/mol. The molecule has 0 amide bonds. The van der Waals surface area contributed by atoms with E-state index in [9.17, 15) is 0 Å². The number of aromatic nitrogens is 1. The van der Waals surface area contributed by atoms with Gasteiger partial charge in [-0.2, -0.15) is 0 Å². The molecule has 5 heteroatoms. The van der Waals surface area contributed by atoms with Gasteiger partial charge in [0.25, 0.3) is 0 Å². The maximum atomic E-state index is 5.84. The Bertz CT molecular complexity index is 657. The van der Waals surface area contributed by atoms with Gasteiger partial charge >= 0.3 is 0 Å². The summed E-state index contributed by atoms with van der Waals surface area (Å²) < 4.78 is 16.7. The third-order valence-electron chi connectivity index (χ3n) is 4.50. The molecule has 0 unspecified atom stereocenters. The molecule has 3 rings (SSSR count). The summed E-state index contributed by atoms with van der Waals surface area (Å²) in [6, 6.07) is 10.1. The Hall–Kier alpha value is -2.11. The largest absolute Gasteiger partial charge is 0.497 e.